The van der Waals surface area contributed by atoms with Crippen molar-refractivity contribution in [2.75, 3.05) is 37.8 Å². The van der Waals surface area contributed by atoms with Crippen molar-refractivity contribution in [3.05, 3.63) is 83.7 Å². The van der Waals surface area contributed by atoms with Gasteiger partial charge in [0.1, 0.15) is 11.5 Å². The predicted molar refractivity (Wildman–Crippen MR) is 165 cm³/mol. The SMILES string of the molecule is CC(C)n1cc(-c2ccnc3c2CC(c2ccc(CN4CCCC4)cc2)N3)c(-c2ccc(NC(=O)N(C)C)cc2)n1. The molecule has 1 fully saturated rings. The van der Waals surface area contributed by atoms with E-state index < -0.39 is 0 Å². The van der Waals surface area contributed by atoms with Crippen LogP contribution in [0.15, 0.2) is 67.0 Å². The molecule has 0 radical (unpaired) electrons. The van der Waals surface area contributed by atoms with E-state index in [0.717, 1.165) is 46.9 Å². The van der Waals surface area contributed by atoms with Crippen LogP contribution in [0, 0.1) is 0 Å². The molecule has 2 aromatic carbocycles. The highest BCUT2D eigenvalue weighted by molar-refractivity contribution is 5.90. The molecule has 1 atom stereocenters. The van der Waals surface area contributed by atoms with Crippen molar-refractivity contribution in [3.63, 3.8) is 0 Å². The first-order valence-electron chi connectivity index (χ1n) is 14.6. The summed E-state index contributed by atoms with van der Waals surface area (Å²) in [5.74, 6) is 0.943. The summed E-state index contributed by atoms with van der Waals surface area (Å²) in [5, 5.41) is 11.6. The van der Waals surface area contributed by atoms with Crippen LogP contribution in [0.5, 0.6) is 0 Å². The number of nitrogens with zero attached hydrogens (tertiary/aromatic N) is 5. The van der Waals surface area contributed by atoms with Gasteiger partial charge in [-0.1, -0.05) is 36.4 Å². The summed E-state index contributed by atoms with van der Waals surface area (Å²) in [6.45, 7) is 7.74. The van der Waals surface area contributed by atoms with Gasteiger partial charge in [0, 0.05) is 67.9 Å². The van der Waals surface area contributed by atoms with Gasteiger partial charge in [-0.05, 0) is 74.7 Å². The predicted octanol–water partition coefficient (Wildman–Crippen LogP) is 6.59. The summed E-state index contributed by atoms with van der Waals surface area (Å²) >= 11 is 0. The molecule has 4 heterocycles. The van der Waals surface area contributed by atoms with E-state index in [4.69, 9.17) is 10.1 Å². The van der Waals surface area contributed by atoms with Crippen LogP contribution in [-0.2, 0) is 13.0 Å². The van der Waals surface area contributed by atoms with Gasteiger partial charge in [-0.3, -0.25) is 9.58 Å². The van der Waals surface area contributed by atoms with Crippen molar-refractivity contribution in [2.45, 2.75) is 51.7 Å². The number of urea groups is 1. The fraction of sp³-hybridized carbons (Fsp3) is 0.364. The zero-order chi connectivity index (χ0) is 28.5. The number of pyridine rings is 1. The van der Waals surface area contributed by atoms with E-state index in [1.807, 2.05) is 35.1 Å². The third kappa shape index (κ3) is 5.70. The zero-order valence-corrected chi connectivity index (χ0v) is 24.4. The second kappa shape index (κ2) is 11.4. The summed E-state index contributed by atoms with van der Waals surface area (Å²) < 4.78 is 2.03. The third-order valence-corrected chi connectivity index (χ3v) is 8.13. The number of carbonyl (C=O) groups excluding carboxylic acids is 1. The van der Waals surface area contributed by atoms with Crippen LogP contribution < -0.4 is 10.6 Å². The molecule has 4 aromatic rings. The summed E-state index contributed by atoms with van der Waals surface area (Å²) in [4.78, 5) is 20.9. The van der Waals surface area contributed by atoms with E-state index in [2.05, 4.69) is 65.9 Å². The molecule has 0 bridgehead atoms. The number of nitrogens with one attached hydrogen (secondary N) is 2. The van der Waals surface area contributed by atoms with Crippen molar-refractivity contribution in [1.82, 2.24) is 24.6 Å². The molecule has 0 spiro atoms. The van der Waals surface area contributed by atoms with Crippen molar-refractivity contribution in [2.24, 2.45) is 0 Å². The van der Waals surface area contributed by atoms with Crippen LogP contribution in [0.3, 0.4) is 0 Å². The molecule has 0 aliphatic carbocycles. The number of hydrogen-bond acceptors (Lipinski definition) is 5. The maximum absolute atomic E-state index is 12.1. The van der Waals surface area contributed by atoms with Crippen LogP contribution in [0.1, 0.15) is 55.5 Å². The highest BCUT2D eigenvalue weighted by Crippen LogP contribution is 2.42. The van der Waals surface area contributed by atoms with Crippen molar-refractivity contribution >= 4 is 17.5 Å². The highest BCUT2D eigenvalue weighted by atomic mass is 16.2. The first-order valence-corrected chi connectivity index (χ1v) is 14.6. The molecule has 8 heteroatoms. The molecule has 6 rings (SSSR count). The Balaban J connectivity index is 1.27. The molecule has 2 aromatic heterocycles. The van der Waals surface area contributed by atoms with E-state index >= 15 is 0 Å². The van der Waals surface area contributed by atoms with Gasteiger partial charge in [0.2, 0.25) is 0 Å². The number of amides is 2. The molecule has 2 N–H and O–H groups in total. The average Bonchev–Trinajstić information content (AvgIpc) is 3.73. The van der Waals surface area contributed by atoms with Gasteiger partial charge in [0.15, 0.2) is 0 Å². The molecule has 41 heavy (non-hydrogen) atoms. The summed E-state index contributed by atoms with van der Waals surface area (Å²) in [7, 11) is 3.46. The average molecular weight is 550 g/mol. The monoisotopic (exact) mass is 549 g/mol. The van der Waals surface area contributed by atoms with Crippen LogP contribution >= 0.6 is 0 Å². The molecule has 0 saturated carbocycles. The number of hydrogen-bond donors (Lipinski definition) is 2. The molecular formula is C33H39N7O. The maximum atomic E-state index is 12.1. The largest absolute Gasteiger partial charge is 0.363 e. The maximum Gasteiger partial charge on any atom is 0.321 e. The molecule has 212 valence electrons. The number of rotatable bonds is 7. The molecule has 8 nitrogen and oxygen atoms in total. The lowest BCUT2D eigenvalue weighted by molar-refractivity contribution is 0.230. The lowest BCUT2D eigenvalue weighted by Gasteiger charge is -2.16. The zero-order valence-electron chi connectivity index (χ0n) is 24.4. The Morgan fingerprint density at radius 1 is 1.02 bits per heavy atom. The number of carbonyl (C=O) groups is 1. The van der Waals surface area contributed by atoms with Gasteiger partial charge in [-0.15, -0.1) is 0 Å². The van der Waals surface area contributed by atoms with Crippen LogP contribution in [0.2, 0.25) is 0 Å². The second-order valence-corrected chi connectivity index (χ2v) is 11.7. The molecule has 1 unspecified atom stereocenters. The Hall–Kier alpha value is -4.17. The Bertz CT molecular complexity index is 1520. The Morgan fingerprint density at radius 3 is 2.44 bits per heavy atom. The number of likely N-dealkylation sites (tertiary alicyclic amines) is 1. The number of anilines is 2. The lowest BCUT2D eigenvalue weighted by atomic mass is 9.95. The Morgan fingerprint density at radius 2 is 1.76 bits per heavy atom. The quantitative estimate of drug-likeness (QED) is 0.272. The summed E-state index contributed by atoms with van der Waals surface area (Å²) in [6.07, 6.45) is 7.54. The van der Waals surface area contributed by atoms with Crippen LogP contribution in [0.25, 0.3) is 22.4 Å². The van der Waals surface area contributed by atoms with Gasteiger partial charge in [-0.25, -0.2) is 9.78 Å². The van der Waals surface area contributed by atoms with Gasteiger partial charge in [0.05, 0.1) is 6.04 Å². The van der Waals surface area contributed by atoms with Gasteiger partial charge < -0.3 is 15.5 Å². The van der Waals surface area contributed by atoms with Crippen molar-refractivity contribution in [3.8, 4) is 22.4 Å². The van der Waals surface area contributed by atoms with Gasteiger partial charge in [-0.2, -0.15) is 5.10 Å². The van der Waals surface area contributed by atoms with E-state index in [0.29, 0.717) is 0 Å². The molecule has 2 aliphatic rings. The summed E-state index contributed by atoms with van der Waals surface area (Å²) in [6, 6.07) is 19.4. The van der Waals surface area contributed by atoms with E-state index in [1.54, 1.807) is 14.1 Å². The smallest absolute Gasteiger partial charge is 0.321 e. The number of fused-ring (bicyclic) bond motifs is 1. The first kappa shape index (κ1) is 27.0. The van der Waals surface area contributed by atoms with E-state index in [9.17, 15) is 4.79 Å². The van der Waals surface area contributed by atoms with Gasteiger partial charge in [0.25, 0.3) is 0 Å². The topological polar surface area (TPSA) is 78.3 Å². The minimum Gasteiger partial charge on any atom is -0.363 e. The van der Waals surface area contributed by atoms with Crippen molar-refractivity contribution < 1.29 is 4.79 Å². The Labute approximate surface area is 242 Å². The van der Waals surface area contributed by atoms with E-state index in [-0.39, 0.29) is 18.1 Å². The highest BCUT2D eigenvalue weighted by Gasteiger charge is 2.28. The third-order valence-electron chi connectivity index (χ3n) is 8.13. The molecule has 2 aliphatic heterocycles. The Kier molecular flexibility index (Phi) is 7.49. The molecule has 2 amide bonds. The standard InChI is InChI=1S/C33H39N7O/c1-22(2)40-21-29(31(37-40)25-11-13-26(14-12-25)35-33(41)38(3)4)27-15-16-34-32-28(27)19-30(36-32)24-9-7-23(8-10-24)20-39-17-5-6-18-39/h7-16,21-22,30H,5-6,17-20H2,1-4H3,(H,34,36)(H,35,41). The first-order chi connectivity index (χ1) is 19.9. The molecular weight excluding hydrogens is 510 g/mol. The van der Waals surface area contributed by atoms with Crippen LogP contribution in [0.4, 0.5) is 16.3 Å². The minimum atomic E-state index is -0.154. The van der Waals surface area contributed by atoms with Gasteiger partial charge >= 0.3 is 6.03 Å². The van der Waals surface area contributed by atoms with E-state index in [1.165, 1.54) is 47.5 Å². The summed E-state index contributed by atoms with van der Waals surface area (Å²) in [5.41, 5.74) is 8.80. The van der Waals surface area contributed by atoms with Crippen LogP contribution in [-0.4, -0.2) is 57.8 Å². The fourth-order valence-electron chi connectivity index (χ4n) is 5.76. The van der Waals surface area contributed by atoms with Crippen molar-refractivity contribution in [1.29, 1.82) is 0 Å². The molecule has 1 saturated heterocycles. The number of benzene rings is 2. The minimum absolute atomic E-state index is 0.154. The normalized spacial score (nSPS) is 16.6. The fourth-order valence-corrected chi connectivity index (χ4v) is 5.76. The lowest BCUT2D eigenvalue weighted by Crippen LogP contribution is -2.27. The number of aromatic nitrogens is 3. The second-order valence-electron chi connectivity index (χ2n) is 11.7.